The number of aryl methyl sites for hydroxylation is 2. The zero-order chi connectivity index (χ0) is 12.4. The molecule has 0 aromatic carbocycles. The van der Waals surface area contributed by atoms with Gasteiger partial charge in [0.05, 0.1) is 11.4 Å². The third-order valence-corrected chi connectivity index (χ3v) is 4.33. The summed E-state index contributed by atoms with van der Waals surface area (Å²) in [6.45, 7) is 4.33. The van der Waals surface area contributed by atoms with Crippen LogP contribution in [0.3, 0.4) is 0 Å². The minimum absolute atomic E-state index is 0.159. The minimum atomic E-state index is 0.159. The SMILES string of the molecule is CCC1CCCCC1C(N)c1cc(C)nn1C. The molecule has 1 saturated carbocycles. The third-order valence-electron chi connectivity index (χ3n) is 4.33. The Bertz CT molecular complexity index is 370. The van der Waals surface area contributed by atoms with Crippen LogP contribution in [0.25, 0.3) is 0 Å². The van der Waals surface area contributed by atoms with Gasteiger partial charge in [0.15, 0.2) is 0 Å². The highest BCUT2D eigenvalue weighted by molar-refractivity contribution is 5.14. The van der Waals surface area contributed by atoms with Crippen LogP contribution in [0.4, 0.5) is 0 Å². The van der Waals surface area contributed by atoms with Crippen molar-refractivity contribution in [1.82, 2.24) is 9.78 Å². The van der Waals surface area contributed by atoms with E-state index < -0.39 is 0 Å². The Balaban J connectivity index is 2.17. The van der Waals surface area contributed by atoms with E-state index >= 15 is 0 Å². The predicted molar refractivity (Wildman–Crippen MR) is 70.6 cm³/mol. The molecular weight excluding hydrogens is 210 g/mol. The van der Waals surface area contributed by atoms with Crippen molar-refractivity contribution in [2.24, 2.45) is 24.6 Å². The molecule has 3 atom stereocenters. The largest absolute Gasteiger partial charge is 0.322 e. The molecule has 1 aromatic heterocycles. The average molecular weight is 235 g/mol. The van der Waals surface area contributed by atoms with Crippen LogP contribution < -0.4 is 5.73 Å². The van der Waals surface area contributed by atoms with Crippen molar-refractivity contribution in [3.8, 4) is 0 Å². The number of nitrogens with two attached hydrogens (primary N) is 1. The molecule has 1 aliphatic carbocycles. The number of hydrogen-bond donors (Lipinski definition) is 1. The molecular formula is C14H25N3. The maximum absolute atomic E-state index is 6.49. The van der Waals surface area contributed by atoms with Crippen molar-refractivity contribution in [2.75, 3.05) is 0 Å². The van der Waals surface area contributed by atoms with Crippen molar-refractivity contribution >= 4 is 0 Å². The number of aromatic nitrogens is 2. The molecule has 1 aromatic rings. The first kappa shape index (κ1) is 12.6. The van der Waals surface area contributed by atoms with Crippen LogP contribution in [-0.2, 0) is 7.05 Å². The van der Waals surface area contributed by atoms with E-state index in [0.29, 0.717) is 5.92 Å². The van der Waals surface area contributed by atoms with E-state index in [0.717, 1.165) is 11.6 Å². The summed E-state index contributed by atoms with van der Waals surface area (Å²) < 4.78 is 1.96. The molecule has 2 N–H and O–H groups in total. The second-order valence-corrected chi connectivity index (χ2v) is 5.48. The van der Waals surface area contributed by atoms with E-state index in [-0.39, 0.29) is 6.04 Å². The van der Waals surface area contributed by atoms with Crippen LogP contribution in [0.1, 0.15) is 56.5 Å². The highest BCUT2D eigenvalue weighted by Gasteiger charge is 2.30. The fourth-order valence-electron chi connectivity index (χ4n) is 3.38. The lowest BCUT2D eigenvalue weighted by Gasteiger charge is -2.35. The molecule has 0 aliphatic heterocycles. The van der Waals surface area contributed by atoms with Crippen molar-refractivity contribution < 1.29 is 0 Å². The van der Waals surface area contributed by atoms with Gasteiger partial charge in [0.1, 0.15) is 0 Å². The van der Waals surface area contributed by atoms with Crippen LogP contribution >= 0.6 is 0 Å². The third kappa shape index (κ3) is 2.54. The first-order valence-corrected chi connectivity index (χ1v) is 6.89. The molecule has 96 valence electrons. The van der Waals surface area contributed by atoms with Gasteiger partial charge in [-0.15, -0.1) is 0 Å². The Morgan fingerprint density at radius 3 is 2.76 bits per heavy atom. The molecule has 0 radical (unpaired) electrons. The summed E-state index contributed by atoms with van der Waals surface area (Å²) in [6, 6.07) is 2.30. The van der Waals surface area contributed by atoms with Crippen LogP contribution in [0.5, 0.6) is 0 Å². The zero-order valence-electron chi connectivity index (χ0n) is 11.3. The van der Waals surface area contributed by atoms with Crippen LogP contribution in [0.15, 0.2) is 6.07 Å². The normalized spacial score (nSPS) is 27.1. The van der Waals surface area contributed by atoms with E-state index in [1.165, 1.54) is 37.8 Å². The Morgan fingerprint density at radius 2 is 2.18 bits per heavy atom. The van der Waals surface area contributed by atoms with Gasteiger partial charge < -0.3 is 5.73 Å². The van der Waals surface area contributed by atoms with Gasteiger partial charge in [-0.1, -0.05) is 32.6 Å². The predicted octanol–water partition coefficient (Wildman–Crippen LogP) is 2.94. The second kappa shape index (κ2) is 5.21. The van der Waals surface area contributed by atoms with E-state index in [2.05, 4.69) is 18.1 Å². The molecule has 1 heterocycles. The smallest absolute Gasteiger partial charge is 0.0597 e. The fourth-order valence-corrected chi connectivity index (χ4v) is 3.38. The maximum Gasteiger partial charge on any atom is 0.0597 e. The lowest BCUT2D eigenvalue weighted by molar-refractivity contribution is 0.192. The van der Waals surface area contributed by atoms with Crippen LogP contribution in [-0.4, -0.2) is 9.78 Å². The summed E-state index contributed by atoms with van der Waals surface area (Å²) in [7, 11) is 2.01. The van der Waals surface area contributed by atoms with Crippen LogP contribution in [0.2, 0.25) is 0 Å². The molecule has 0 saturated heterocycles. The molecule has 0 bridgehead atoms. The number of hydrogen-bond acceptors (Lipinski definition) is 2. The molecule has 1 aliphatic rings. The molecule has 0 amide bonds. The topological polar surface area (TPSA) is 43.8 Å². The number of rotatable bonds is 3. The van der Waals surface area contributed by atoms with E-state index in [1.807, 2.05) is 18.7 Å². The molecule has 3 nitrogen and oxygen atoms in total. The Morgan fingerprint density at radius 1 is 1.47 bits per heavy atom. The molecule has 3 unspecified atom stereocenters. The van der Waals surface area contributed by atoms with Crippen molar-refractivity contribution in [3.05, 3.63) is 17.5 Å². The Hall–Kier alpha value is -0.830. The standard InChI is InChI=1S/C14H25N3/c1-4-11-7-5-6-8-12(11)14(15)13-9-10(2)16-17(13)3/h9,11-12,14H,4-8,15H2,1-3H3. The van der Waals surface area contributed by atoms with Crippen molar-refractivity contribution in [1.29, 1.82) is 0 Å². The van der Waals surface area contributed by atoms with Gasteiger partial charge in [-0.3, -0.25) is 4.68 Å². The van der Waals surface area contributed by atoms with Crippen molar-refractivity contribution in [3.63, 3.8) is 0 Å². The quantitative estimate of drug-likeness (QED) is 0.875. The van der Waals surface area contributed by atoms with E-state index in [4.69, 9.17) is 5.73 Å². The lowest BCUT2D eigenvalue weighted by atomic mass is 9.73. The summed E-state index contributed by atoms with van der Waals surface area (Å²) >= 11 is 0. The Kier molecular flexibility index (Phi) is 3.87. The molecule has 2 rings (SSSR count). The minimum Gasteiger partial charge on any atom is -0.322 e. The molecule has 3 heteroatoms. The van der Waals surface area contributed by atoms with Gasteiger partial charge in [0.2, 0.25) is 0 Å². The van der Waals surface area contributed by atoms with Gasteiger partial charge in [0, 0.05) is 13.1 Å². The van der Waals surface area contributed by atoms with Crippen LogP contribution in [0, 0.1) is 18.8 Å². The second-order valence-electron chi connectivity index (χ2n) is 5.48. The van der Waals surface area contributed by atoms with Gasteiger partial charge >= 0.3 is 0 Å². The van der Waals surface area contributed by atoms with E-state index in [9.17, 15) is 0 Å². The maximum atomic E-state index is 6.49. The van der Waals surface area contributed by atoms with Crippen molar-refractivity contribution in [2.45, 2.75) is 52.0 Å². The summed E-state index contributed by atoms with van der Waals surface area (Å²) in [5, 5.41) is 4.41. The summed E-state index contributed by atoms with van der Waals surface area (Å²) in [4.78, 5) is 0. The average Bonchev–Trinajstić information content (AvgIpc) is 2.67. The fraction of sp³-hybridized carbons (Fsp3) is 0.786. The number of nitrogens with zero attached hydrogens (tertiary/aromatic N) is 2. The monoisotopic (exact) mass is 235 g/mol. The lowest BCUT2D eigenvalue weighted by Crippen LogP contribution is -2.31. The first-order valence-electron chi connectivity index (χ1n) is 6.89. The van der Waals surface area contributed by atoms with Gasteiger partial charge in [-0.25, -0.2) is 0 Å². The summed E-state index contributed by atoms with van der Waals surface area (Å²) in [6.07, 6.45) is 6.61. The molecule has 1 fully saturated rings. The molecule has 17 heavy (non-hydrogen) atoms. The Labute approximate surface area is 104 Å². The van der Waals surface area contributed by atoms with Gasteiger partial charge in [-0.05, 0) is 31.2 Å². The summed E-state index contributed by atoms with van der Waals surface area (Å²) in [5.74, 6) is 1.44. The van der Waals surface area contributed by atoms with Gasteiger partial charge in [-0.2, -0.15) is 5.10 Å². The molecule has 0 spiro atoms. The van der Waals surface area contributed by atoms with E-state index in [1.54, 1.807) is 0 Å². The first-order chi connectivity index (χ1) is 8.13. The van der Waals surface area contributed by atoms with Gasteiger partial charge in [0.25, 0.3) is 0 Å². The highest BCUT2D eigenvalue weighted by Crippen LogP contribution is 2.39. The summed E-state index contributed by atoms with van der Waals surface area (Å²) in [5.41, 5.74) is 8.76. The zero-order valence-corrected chi connectivity index (χ0v) is 11.3. The highest BCUT2D eigenvalue weighted by atomic mass is 15.3.